The lowest BCUT2D eigenvalue weighted by Gasteiger charge is -2.39. The molecule has 118 valence electrons. The van der Waals surface area contributed by atoms with Crippen molar-refractivity contribution in [2.45, 2.75) is 83.1 Å². The first-order valence-electron chi connectivity index (χ1n) is 8.09. The lowest BCUT2D eigenvalue weighted by molar-refractivity contribution is -0.126. The van der Waals surface area contributed by atoms with E-state index in [1.165, 1.54) is 38.5 Å². The second-order valence-corrected chi connectivity index (χ2v) is 7.11. The summed E-state index contributed by atoms with van der Waals surface area (Å²) in [6, 6.07) is 0. The van der Waals surface area contributed by atoms with Crippen molar-refractivity contribution in [2.24, 2.45) is 11.1 Å². The van der Waals surface area contributed by atoms with Crippen molar-refractivity contribution in [3.05, 3.63) is 0 Å². The fourth-order valence-electron chi connectivity index (χ4n) is 3.93. The molecule has 0 unspecified atom stereocenters. The van der Waals surface area contributed by atoms with Gasteiger partial charge < -0.3 is 11.1 Å². The van der Waals surface area contributed by atoms with Gasteiger partial charge in [0, 0.05) is 12.0 Å². The fourth-order valence-corrected chi connectivity index (χ4v) is 3.93. The molecule has 0 heterocycles. The van der Waals surface area contributed by atoms with Crippen LogP contribution in [0.4, 0.5) is 0 Å². The number of hydrogen-bond donors (Lipinski definition) is 2. The molecule has 0 aromatic rings. The Kier molecular flexibility index (Phi) is 6.80. The average molecular weight is 303 g/mol. The van der Waals surface area contributed by atoms with E-state index in [2.05, 4.69) is 12.2 Å². The summed E-state index contributed by atoms with van der Waals surface area (Å²) in [7, 11) is 0. The van der Waals surface area contributed by atoms with E-state index in [4.69, 9.17) is 5.73 Å². The molecule has 2 aliphatic carbocycles. The number of nitrogens with two attached hydrogens (primary N) is 1. The molecule has 4 heteroatoms. The minimum atomic E-state index is 0. The first kappa shape index (κ1) is 17.8. The monoisotopic (exact) mass is 302 g/mol. The van der Waals surface area contributed by atoms with E-state index in [9.17, 15) is 4.79 Å². The maximum absolute atomic E-state index is 12.4. The summed E-state index contributed by atoms with van der Waals surface area (Å²) in [5, 5.41) is 3.31. The molecule has 0 aliphatic heterocycles. The predicted octanol–water partition coefficient (Wildman–Crippen LogP) is 3.55. The summed E-state index contributed by atoms with van der Waals surface area (Å²) in [4.78, 5) is 12.4. The molecular formula is C16H31ClN2O. The highest BCUT2D eigenvalue weighted by Gasteiger charge is 2.35. The largest absolute Gasteiger partial charge is 0.351 e. The molecule has 0 saturated heterocycles. The van der Waals surface area contributed by atoms with Crippen LogP contribution in [0.3, 0.4) is 0 Å². The lowest BCUT2D eigenvalue weighted by atomic mass is 9.71. The molecule has 2 aliphatic rings. The molecule has 0 aromatic heterocycles. The smallest absolute Gasteiger partial charge is 0.221 e. The Morgan fingerprint density at radius 1 is 1.00 bits per heavy atom. The molecule has 1 amide bonds. The fraction of sp³-hybridized carbons (Fsp3) is 0.938. The molecular weight excluding hydrogens is 272 g/mol. The molecule has 0 spiro atoms. The van der Waals surface area contributed by atoms with E-state index < -0.39 is 0 Å². The van der Waals surface area contributed by atoms with Crippen LogP contribution < -0.4 is 11.1 Å². The normalized spacial score (nSPS) is 24.5. The van der Waals surface area contributed by atoms with Gasteiger partial charge in [-0.3, -0.25) is 4.79 Å². The number of nitrogens with one attached hydrogen (secondary N) is 1. The van der Waals surface area contributed by atoms with E-state index in [0.29, 0.717) is 13.0 Å². The minimum Gasteiger partial charge on any atom is -0.351 e. The number of halogens is 1. The molecule has 20 heavy (non-hydrogen) atoms. The minimum absolute atomic E-state index is 0. The Labute approximate surface area is 129 Å². The van der Waals surface area contributed by atoms with Gasteiger partial charge in [-0.15, -0.1) is 12.4 Å². The molecule has 2 rings (SSSR count). The second-order valence-electron chi connectivity index (χ2n) is 7.11. The van der Waals surface area contributed by atoms with Crippen LogP contribution in [0.2, 0.25) is 0 Å². The van der Waals surface area contributed by atoms with Crippen LogP contribution in [0, 0.1) is 5.41 Å². The lowest BCUT2D eigenvalue weighted by Crippen LogP contribution is -2.49. The third kappa shape index (κ3) is 4.63. The van der Waals surface area contributed by atoms with E-state index in [0.717, 1.165) is 25.7 Å². The number of amides is 1. The van der Waals surface area contributed by atoms with Gasteiger partial charge >= 0.3 is 0 Å². The van der Waals surface area contributed by atoms with Crippen LogP contribution in [0.25, 0.3) is 0 Å². The third-order valence-corrected chi connectivity index (χ3v) is 5.28. The van der Waals surface area contributed by atoms with Gasteiger partial charge in [-0.05, 0) is 44.6 Å². The summed E-state index contributed by atoms with van der Waals surface area (Å²) in [6.07, 6.45) is 12.8. The molecule has 0 atom stereocenters. The molecule has 2 saturated carbocycles. The van der Waals surface area contributed by atoms with Gasteiger partial charge in [-0.2, -0.15) is 0 Å². The zero-order chi connectivity index (χ0) is 13.8. The van der Waals surface area contributed by atoms with Crippen molar-refractivity contribution in [3.8, 4) is 0 Å². The zero-order valence-corrected chi connectivity index (χ0v) is 13.7. The Hall–Kier alpha value is -0.280. The van der Waals surface area contributed by atoms with Crippen LogP contribution in [-0.4, -0.2) is 18.0 Å². The van der Waals surface area contributed by atoms with Crippen molar-refractivity contribution in [1.82, 2.24) is 5.32 Å². The molecule has 0 bridgehead atoms. The van der Waals surface area contributed by atoms with Gasteiger partial charge in [0.2, 0.25) is 5.91 Å². The summed E-state index contributed by atoms with van der Waals surface area (Å²) >= 11 is 0. The number of carbonyl (C=O) groups is 1. The van der Waals surface area contributed by atoms with Crippen molar-refractivity contribution >= 4 is 18.3 Å². The van der Waals surface area contributed by atoms with Gasteiger partial charge in [-0.25, -0.2) is 0 Å². The first-order valence-corrected chi connectivity index (χ1v) is 8.09. The molecule has 0 aromatic carbocycles. The van der Waals surface area contributed by atoms with Gasteiger partial charge in [0.25, 0.3) is 0 Å². The van der Waals surface area contributed by atoms with E-state index in [-0.39, 0.29) is 29.3 Å². The maximum Gasteiger partial charge on any atom is 0.221 e. The molecule has 2 fully saturated rings. The Morgan fingerprint density at radius 3 is 2.00 bits per heavy atom. The van der Waals surface area contributed by atoms with Crippen LogP contribution in [0.15, 0.2) is 0 Å². The van der Waals surface area contributed by atoms with E-state index in [1.54, 1.807) is 0 Å². The van der Waals surface area contributed by atoms with Crippen LogP contribution in [-0.2, 0) is 4.79 Å². The SMILES string of the molecule is CC1(NC(=O)CC2(CN)CCCCC2)CCCCC1.Cl. The molecule has 3 nitrogen and oxygen atoms in total. The van der Waals surface area contributed by atoms with Gasteiger partial charge in [0.15, 0.2) is 0 Å². The average Bonchev–Trinajstić information content (AvgIpc) is 2.39. The van der Waals surface area contributed by atoms with Crippen LogP contribution in [0.5, 0.6) is 0 Å². The zero-order valence-electron chi connectivity index (χ0n) is 12.9. The van der Waals surface area contributed by atoms with Crippen molar-refractivity contribution in [1.29, 1.82) is 0 Å². The van der Waals surface area contributed by atoms with Crippen molar-refractivity contribution < 1.29 is 4.79 Å². The number of carbonyl (C=O) groups excluding carboxylic acids is 1. The maximum atomic E-state index is 12.4. The summed E-state index contributed by atoms with van der Waals surface area (Å²) in [5.74, 6) is 0.233. The Bertz CT molecular complexity index is 308. The first-order chi connectivity index (χ1) is 9.08. The third-order valence-electron chi connectivity index (χ3n) is 5.28. The Balaban J connectivity index is 0.00000200. The van der Waals surface area contributed by atoms with Crippen LogP contribution >= 0.6 is 12.4 Å². The van der Waals surface area contributed by atoms with Crippen molar-refractivity contribution in [3.63, 3.8) is 0 Å². The van der Waals surface area contributed by atoms with Crippen molar-refractivity contribution in [2.75, 3.05) is 6.54 Å². The number of rotatable bonds is 4. The van der Waals surface area contributed by atoms with Gasteiger partial charge in [-0.1, -0.05) is 38.5 Å². The van der Waals surface area contributed by atoms with Gasteiger partial charge in [0.05, 0.1) is 0 Å². The Morgan fingerprint density at radius 2 is 1.50 bits per heavy atom. The van der Waals surface area contributed by atoms with E-state index >= 15 is 0 Å². The summed E-state index contributed by atoms with van der Waals surface area (Å²) in [6.45, 7) is 2.87. The topological polar surface area (TPSA) is 55.1 Å². The molecule has 3 N–H and O–H groups in total. The van der Waals surface area contributed by atoms with E-state index in [1.807, 2.05) is 0 Å². The molecule has 0 radical (unpaired) electrons. The summed E-state index contributed by atoms with van der Waals surface area (Å²) in [5.41, 5.74) is 6.10. The highest BCUT2D eigenvalue weighted by molar-refractivity contribution is 5.85. The van der Waals surface area contributed by atoms with Crippen LogP contribution in [0.1, 0.15) is 77.6 Å². The highest BCUT2D eigenvalue weighted by atomic mass is 35.5. The standard InChI is InChI=1S/C16H30N2O.ClH/c1-15(8-4-2-5-9-15)18-14(19)12-16(13-17)10-6-3-7-11-16;/h2-13,17H2,1H3,(H,18,19);1H. The highest BCUT2D eigenvalue weighted by Crippen LogP contribution is 2.38. The second kappa shape index (κ2) is 7.65. The summed E-state index contributed by atoms with van der Waals surface area (Å²) < 4.78 is 0. The number of hydrogen-bond acceptors (Lipinski definition) is 2. The van der Waals surface area contributed by atoms with Gasteiger partial charge in [0.1, 0.15) is 0 Å². The quantitative estimate of drug-likeness (QED) is 0.834. The predicted molar refractivity (Wildman–Crippen MR) is 86.1 cm³/mol.